The molecule has 0 aromatic rings. The fraction of sp³-hybridized carbons (Fsp3) is 1.00. The van der Waals surface area contributed by atoms with E-state index in [9.17, 15) is 0 Å². The zero-order valence-electron chi connectivity index (χ0n) is 21.6. The van der Waals surface area contributed by atoms with E-state index < -0.39 is 0 Å². The molecule has 4 heteroatoms. The molecule has 4 fully saturated rings. The Bertz CT molecular complexity index is 520. The topological polar surface area (TPSA) is 9.72 Å². The molecule has 0 aromatic heterocycles. The van der Waals surface area contributed by atoms with Gasteiger partial charge < -0.3 is 4.48 Å². The number of hydrogen-bond donors (Lipinski definition) is 0. The van der Waals surface area contributed by atoms with Crippen molar-refractivity contribution >= 4 is 0 Å². The van der Waals surface area contributed by atoms with Crippen LogP contribution in [0.1, 0.15) is 110 Å². The zero-order valence-corrected chi connectivity index (χ0v) is 21.6. The zero-order chi connectivity index (χ0) is 22.1. The smallest absolute Gasteiger partial charge is 0.175 e. The summed E-state index contributed by atoms with van der Waals surface area (Å²) in [5.41, 5.74) is 0. The van der Waals surface area contributed by atoms with Crippen molar-refractivity contribution in [3.8, 4) is 0 Å². The van der Waals surface area contributed by atoms with Crippen molar-refractivity contribution in [2.45, 2.75) is 122 Å². The van der Waals surface area contributed by atoms with Crippen LogP contribution >= 0.6 is 0 Å². The molecule has 4 aliphatic rings. The van der Waals surface area contributed by atoms with Gasteiger partial charge in [0.1, 0.15) is 6.17 Å². The second-order valence-electron chi connectivity index (χ2n) is 11.6. The first kappa shape index (κ1) is 24.9. The molecule has 32 heavy (non-hydrogen) atoms. The molecule has 0 amide bonds. The highest BCUT2D eigenvalue weighted by Crippen LogP contribution is 2.39. The van der Waals surface area contributed by atoms with Crippen LogP contribution in [0.2, 0.25) is 0 Å². The Kier molecular flexibility index (Phi) is 10.2. The van der Waals surface area contributed by atoms with Crippen LogP contribution in [-0.2, 0) is 0 Å². The Labute approximate surface area is 200 Å². The molecule has 0 spiro atoms. The summed E-state index contributed by atoms with van der Waals surface area (Å²) < 4.78 is 1.44. The molecule has 4 aliphatic heterocycles. The van der Waals surface area contributed by atoms with E-state index in [1.807, 2.05) is 0 Å². The Hall–Kier alpha value is -0.160. The van der Waals surface area contributed by atoms with Gasteiger partial charge in [-0.2, -0.15) is 0 Å². The standard InChI is InChI=1S/C28H55N4/c1-2-3-4-5-6-7-8-9-10-11-12-13-14-15-16-17-24-32-25-22-30-19-18-29-20-21-31(23-26-32)28(32)27(29)30/h27-28H,2-26H2,1H3/q+1. The third kappa shape index (κ3) is 6.29. The highest BCUT2D eigenvalue weighted by atomic mass is 15.6. The van der Waals surface area contributed by atoms with Gasteiger partial charge in [0, 0.05) is 32.7 Å². The molecule has 186 valence electrons. The van der Waals surface area contributed by atoms with Crippen molar-refractivity contribution in [3.63, 3.8) is 0 Å². The predicted molar refractivity (Wildman–Crippen MR) is 137 cm³/mol. The summed E-state index contributed by atoms with van der Waals surface area (Å²) in [6, 6.07) is 0. The first-order valence-electron chi connectivity index (χ1n) is 14.9. The van der Waals surface area contributed by atoms with Crippen molar-refractivity contribution in [3.05, 3.63) is 0 Å². The van der Waals surface area contributed by atoms with E-state index in [0.717, 1.165) is 12.3 Å². The number of nitrogens with zero attached hydrogens (tertiary/aromatic N) is 4. The molecule has 0 aliphatic carbocycles. The Balaban J connectivity index is 0.995. The van der Waals surface area contributed by atoms with Crippen molar-refractivity contribution in [2.24, 2.45) is 0 Å². The SMILES string of the molecule is CCCCCCCCCCCCCCCCCC[N+]12CCN3CCN4CCN(CC1)C2C43. The van der Waals surface area contributed by atoms with Crippen LogP contribution in [0, 0.1) is 0 Å². The number of quaternary nitrogens is 1. The van der Waals surface area contributed by atoms with E-state index in [4.69, 9.17) is 0 Å². The Morgan fingerprint density at radius 3 is 1.44 bits per heavy atom. The first-order valence-corrected chi connectivity index (χ1v) is 14.9. The van der Waals surface area contributed by atoms with Crippen LogP contribution in [-0.4, -0.2) is 90.4 Å². The molecule has 3 atom stereocenters. The average molecular weight is 448 g/mol. The molecular weight excluding hydrogens is 392 g/mol. The molecule has 0 aromatic carbocycles. The van der Waals surface area contributed by atoms with Gasteiger partial charge in [-0.1, -0.05) is 96.8 Å². The molecule has 4 nitrogen and oxygen atoms in total. The number of piperazine rings is 2. The highest BCUT2D eigenvalue weighted by Gasteiger charge is 2.59. The minimum Gasteiger partial charge on any atom is -0.304 e. The molecular formula is C28H55N4+. The van der Waals surface area contributed by atoms with Crippen LogP contribution in [0.4, 0.5) is 0 Å². The van der Waals surface area contributed by atoms with Crippen LogP contribution in [0.5, 0.6) is 0 Å². The summed E-state index contributed by atoms with van der Waals surface area (Å²) in [7, 11) is 0. The average Bonchev–Trinajstić information content (AvgIpc) is 3.39. The molecule has 3 unspecified atom stereocenters. The van der Waals surface area contributed by atoms with E-state index >= 15 is 0 Å². The molecule has 0 radical (unpaired) electrons. The lowest BCUT2D eigenvalue weighted by atomic mass is 10.0. The van der Waals surface area contributed by atoms with Gasteiger partial charge in [0.05, 0.1) is 26.2 Å². The minimum absolute atomic E-state index is 0.751. The molecule has 4 rings (SSSR count). The second kappa shape index (κ2) is 13.1. The summed E-state index contributed by atoms with van der Waals surface area (Å²) in [6.45, 7) is 14.6. The predicted octanol–water partition coefficient (Wildman–Crippen LogP) is 5.68. The number of hydrogen-bond acceptors (Lipinski definition) is 3. The maximum absolute atomic E-state index is 2.87. The van der Waals surface area contributed by atoms with Gasteiger partial charge in [-0.25, -0.2) is 4.90 Å². The number of unbranched alkanes of at least 4 members (excludes halogenated alkanes) is 15. The summed E-state index contributed by atoms with van der Waals surface area (Å²) in [5.74, 6) is 0. The van der Waals surface area contributed by atoms with Gasteiger partial charge in [-0.3, -0.25) is 9.80 Å². The lowest BCUT2D eigenvalue weighted by Gasteiger charge is -2.54. The van der Waals surface area contributed by atoms with Gasteiger partial charge in [0.15, 0.2) is 6.17 Å². The molecule has 4 saturated heterocycles. The third-order valence-electron chi connectivity index (χ3n) is 9.42. The second-order valence-corrected chi connectivity index (χ2v) is 11.6. The van der Waals surface area contributed by atoms with E-state index in [1.165, 1.54) is 166 Å². The molecule has 4 heterocycles. The van der Waals surface area contributed by atoms with E-state index in [2.05, 4.69) is 21.6 Å². The fourth-order valence-corrected chi connectivity index (χ4v) is 7.43. The van der Waals surface area contributed by atoms with Gasteiger partial charge in [0.2, 0.25) is 0 Å². The number of rotatable bonds is 17. The summed E-state index contributed by atoms with van der Waals surface area (Å²) in [6.07, 6.45) is 25.1. The molecule has 0 bridgehead atoms. The van der Waals surface area contributed by atoms with E-state index in [1.54, 1.807) is 0 Å². The first-order chi connectivity index (χ1) is 15.8. The lowest BCUT2D eigenvalue weighted by Crippen LogP contribution is -2.73. The highest BCUT2D eigenvalue weighted by molar-refractivity contribution is 4.97. The van der Waals surface area contributed by atoms with Crippen molar-refractivity contribution in [2.75, 3.05) is 58.9 Å². The maximum atomic E-state index is 2.87. The van der Waals surface area contributed by atoms with Gasteiger partial charge >= 0.3 is 0 Å². The van der Waals surface area contributed by atoms with Crippen LogP contribution in [0.15, 0.2) is 0 Å². The van der Waals surface area contributed by atoms with Crippen molar-refractivity contribution in [1.29, 1.82) is 0 Å². The fourth-order valence-electron chi connectivity index (χ4n) is 7.43. The normalized spacial score (nSPS) is 30.3. The monoisotopic (exact) mass is 447 g/mol. The lowest BCUT2D eigenvalue weighted by molar-refractivity contribution is -0.954. The summed E-state index contributed by atoms with van der Waals surface area (Å²) in [5, 5.41) is 0. The maximum Gasteiger partial charge on any atom is 0.175 e. The molecule has 0 saturated carbocycles. The Morgan fingerprint density at radius 1 is 0.500 bits per heavy atom. The van der Waals surface area contributed by atoms with E-state index in [-0.39, 0.29) is 0 Å². The van der Waals surface area contributed by atoms with E-state index in [0.29, 0.717) is 0 Å². The van der Waals surface area contributed by atoms with Crippen LogP contribution in [0.3, 0.4) is 0 Å². The van der Waals surface area contributed by atoms with Crippen LogP contribution in [0.25, 0.3) is 0 Å². The quantitative estimate of drug-likeness (QED) is 0.210. The minimum atomic E-state index is 0.751. The van der Waals surface area contributed by atoms with Gasteiger partial charge in [-0.05, 0) is 12.8 Å². The van der Waals surface area contributed by atoms with Crippen molar-refractivity contribution in [1.82, 2.24) is 14.7 Å². The summed E-state index contributed by atoms with van der Waals surface area (Å²) >= 11 is 0. The largest absolute Gasteiger partial charge is 0.304 e. The Morgan fingerprint density at radius 2 is 0.906 bits per heavy atom. The summed E-state index contributed by atoms with van der Waals surface area (Å²) in [4.78, 5) is 8.49. The van der Waals surface area contributed by atoms with Crippen molar-refractivity contribution < 1.29 is 4.48 Å². The van der Waals surface area contributed by atoms with Gasteiger partial charge in [0.25, 0.3) is 0 Å². The third-order valence-corrected chi connectivity index (χ3v) is 9.42. The van der Waals surface area contributed by atoms with Gasteiger partial charge in [-0.15, -0.1) is 0 Å². The van der Waals surface area contributed by atoms with Crippen LogP contribution < -0.4 is 0 Å². The molecule has 0 N–H and O–H groups in total.